The summed E-state index contributed by atoms with van der Waals surface area (Å²) in [6.45, 7) is 4.03. The molecule has 0 aliphatic carbocycles. The van der Waals surface area contributed by atoms with Gasteiger partial charge in [-0.3, -0.25) is 0 Å². The Morgan fingerprint density at radius 2 is 1.93 bits per heavy atom. The standard InChI is InChI=1S/C20H16ClF3O3/c1-10(2)11-4-3-5-12(8-11)17-13-9-14(19(25)26)18(20(22,23)24)27-16(13)7-6-15(17)21/h3-10,18H,1-2H3,(H,25,26). The summed E-state index contributed by atoms with van der Waals surface area (Å²) >= 11 is 6.33. The number of carbonyl (C=O) groups is 1. The monoisotopic (exact) mass is 396 g/mol. The molecule has 1 N–H and O–H groups in total. The van der Waals surface area contributed by atoms with Gasteiger partial charge in [-0.2, -0.15) is 13.2 Å². The molecular weight excluding hydrogens is 381 g/mol. The van der Waals surface area contributed by atoms with Gasteiger partial charge in [0.15, 0.2) is 0 Å². The van der Waals surface area contributed by atoms with Gasteiger partial charge in [-0.05, 0) is 35.3 Å². The van der Waals surface area contributed by atoms with Crippen molar-refractivity contribution >= 4 is 23.6 Å². The summed E-state index contributed by atoms with van der Waals surface area (Å²) in [7, 11) is 0. The van der Waals surface area contributed by atoms with Gasteiger partial charge in [0.25, 0.3) is 0 Å². The van der Waals surface area contributed by atoms with E-state index < -0.39 is 23.8 Å². The summed E-state index contributed by atoms with van der Waals surface area (Å²) in [5.74, 6) is -1.51. The van der Waals surface area contributed by atoms with Crippen LogP contribution in [0.1, 0.15) is 30.9 Å². The van der Waals surface area contributed by atoms with E-state index in [0.717, 1.165) is 11.6 Å². The molecule has 7 heteroatoms. The van der Waals surface area contributed by atoms with Crippen LogP contribution in [0.5, 0.6) is 5.75 Å². The first kappa shape index (κ1) is 19.3. The molecule has 2 aromatic carbocycles. The first-order valence-corrected chi connectivity index (χ1v) is 8.58. The molecule has 0 saturated heterocycles. The van der Waals surface area contributed by atoms with Crippen LogP contribution >= 0.6 is 11.6 Å². The van der Waals surface area contributed by atoms with Crippen LogP contribution in [0.25, 0.3) is 17.2 Å². The zero-order valence-corrected chi connectivity index (χ0v) is 15.2. The third-order valence-corrected chi connectivity index (χ3v) is 4.68. The maximum absolute atomic E-state index is 13.2. The highest BCUT2D eigenvalue weighted by atomic mass is 35.5. The second kappa shape index (κ2) is 6.93. The van der Waals surface area contributed by atoms with Gasteiger partial charge < -0.3 is 9.84 Å². The number of rotatable bonds is 3. The highest BCUT2D eigenvalue weighted by molar-refractivity contribution is 6.34. The van der Waals surface area contributed by atoms with Crippen LogP contribution in [0.2, 0.25) is 5.02 Å². The summed E-state index contributed by atoms with van der Waals surface area (Å²) in [4.78, 5) is 11.4. The molecule has 0 radical (unpaired) electrons. The van der Waals surface area contributed by atoms with Gasteiger partial charge in [0.1, 0.15) is 5.75 Å². The Morgan fingerprint density at radius 1 is 1.22 bits per heavy atom. The van der Waals surface area contributed by atoms with Crippen LogP contribution in [0.15, 0.2) is 42.0 Å². The predicted octanol–water partition coefficient (Wildman–Crippen LogP) is 5.92. The van der Waals surface area contributed by atoms with E-state index >= 15 is 0 Å². The fourth-order valence-corrected chi connectivity index (χ4v) is 3.28. The van der Waals surface area contributed by atoms with Crippen molar-refractivity contribution in [1.82, 2.24) is 0 Å². The SMILES string of the molecule is CC(C)c1cccc(-c2c(Cl)ccc3c2C=C(C(=O)O)C(C(F)(F)F)O3)c1. The highest BCUT2D eigenvalue weighted by Gasteiger charge is 2.48. The minimum atomic E-state index is -4.85. The number of halogens is 4. The van der Waals surface area contributed by atoms with Crippen molar-refractivity contribution in [2.45, 2.75) is 32.0 Å². The number of alkyl halides is 3. The Labute approximate surface area is 159 Å². The lowest BCUT2D eigenvalue weighted by Gasteiger charge is -2.28. The van der Waals surface area contributed by atoms with Gasteiger partial charge in [-0.15, -0.1) is 0 Å². The Kier molecular flexibility index (Phi) is 4.95. The number of benzene rings is 2. The molecular formula is C20H16ClF3O3. The Balaban J connectivity index is 2.23. The van der Waals surface area contributed by atoms with Crippen LogP contribution < -0.4 is 4.74 Å². The molecule has 142 valence electrons. The second-order valence-electron chi connectivity index (χ2n) is 6.56. The van der Waals surface area contributed by atoms with Gasteiger partial charge in [-0.1, -0.05) is 49.7 Å². The van der Waals surface area contributed by atoms with Gasteiger partial charge in [-0.25, -0.2) is 4.79 Å². The van der Waals surface area contributed by atoms with Gasteiger partial charge in [0.2, 0.25) is 6.10 Å². The number of fused-ring (bicyclic) bond motifs is 1. The van der Waals surface area contributed by atoms with Crippen molar-refractivity contribution in [3.05, 3.63) is 58.1 Å². The quantitative estimate of drug-likeness (QED) is 0.700. The molecule has 0 saturated carbocycles. The normalized spacial score (nSPS) is 16.6. The van der Waals surface area contributed by atoms with Crippen LogP contribution in [0.3, 0.4) is 0 Å². The molecule has 1 atom stereocenters. The molecule has 3 nitrogen and oxygen atoms in total. The van der Waals surface area contributed by atoms with Gasteiger partial charge in [0.05, 0.1) is 5.57 Å². The number of carboxylic acids is 1. The maximum atomic E-state index is 13.2. The molecule has 0 bridgehead atoms. The van der Waals surface area contributed by atoms with Crippen molar-refractivity contribution in [2.75, 3.05) is 0 Å². The lowest BCUT2D eigenvalue weighted by atomic mass is 9.91. The molecule has 1 aliphatic heterocycles. The van der Waals surface area contributed by atoms with Crippen LogP contribution in [0.4, 0.5) is 13.2 Å². The minimum absolute atomic E-state index is 0.0586. The molecule has 1 unspecified atom stereocenters. The van der Waals surface area contributed by atoms with E-state index in [9.17, 15) is 23.1 Å². The van der Waals surface area contributed by atoms with Crippen molar-refractivity contribution in [1.29, 1.82) is 0 Å². The van der Waals surface area contributed by atoms with E-state index in [0.29, 0.717) is 16.1 Å². The van der Waals surface area contributed by atoms with E-state index in [1.165, 1.54) is 12.1 Å². The van der Waals surface area contributed by atoms with E-state index in [2.05, 4.69) is 0 Å². The molecule has 2 aromatic rings. The Hall–Kier alpha value is -2.47. The third kappa shape index (κ3) is 3.67. The summed E-state index contributed by atoms with van der Waals surface area (Å²) in [6.07, 6.45) is -6.37. The summed E-state index contributed by atoms with van der Waals surface area (Å²) in [6, 6.07) is 10.2. The topological polar surface area (TPSA) is 46.5 Å². The van der Waals surface area contributed by atoms with Crippen molar-refractivity contribution < 1.29 is 27.8 Å². The van der Waals surface area contributed by atoms with E-state index in [1.54, 1.807) is 6.07 Å². The maximum Gasteiger partial charge on any atom is 0.430 e. The lowest BCUT2D eigenvalue weighted by Crippen LogP contribution is -2.40. The van der Waals surface area contributed by atoms with Gasteiger partial charge >= 0.3 is 12.1 Å². The fraction of sp³-hybridized carbons (Fsp3) is 0.250. The number of hydrogen-bond acceptors (Lipinski definition) is 2. The first-order chi connectivity index (χ1) is 12.6. The number of ether oxygens (including phenoxy) is 1. The van der Waals surface area contributed by atoms with Crippen LogP contribution in [-0.4, -0.2) is 23.4 Å². The van der Waals surface area contributed by atoms with Crippen molar-refractivity contribution in [3.63, 3.8) is 0 Å². The Morgan fingerprint density at radius 3 is 2.52 bits per heavy atom. The summed E-state index contributed by atoms with van der Waals surface area (Å²) < 4.78 is 44.7. The molecule has 1 aliphatic rings. The van der Waals surface area contributed by atoms with Gasteiger partial charge in [0, 0.05) is 16.1 Å². The highest BCUT2D eigenvalue weighted by Crippen LogP contribution is 2.44. The minimum Gasteiger partial charge on any atom is -0.478 e. The molecule has 0 spiro atoms. The summed E-state index contributed by atoms with van der Waals surface area (Å²) in [5.41, 5.74) is 1.49. The molecule has 1 heterocycles. The van der Waals surface area contributed by atoms with Crippen LogP contribution in [0, 0.1) is 0 Å². The van der Waals surface area contributed by atoms with Crippen molar-refractivity contribution in [3.8, 4) is 16.9 Å². The van der Waals surface area contributed by atoms with Crippen LogP contribution in [-0.2, 0) is 4.79 Å². The van der Waals surface area contributed by atoms with Crippen molar-refractivity contribution in [2.24, 2.45) is 0 Å². The largest absolute Gasteiger partial charge is 0.478 e. The Bertz CT molecular complexity index is 933. The molecule has 3 rings (SSSR count). The number of carboxylic acid groups (broad SMARTS) is 1. The molecule has 0 amide bonds. The first-order valence-electron chi connectivity index (χ1n) is 8.20. The number of aliphatic carboxylic acids is 1. The average Bonchev–Trinajstić information content (AvgIpc) is 2.59. The molecule has 0 fully saturated rings. The third-order valence-electron chi connectivity index (χ3n) is 4.37. The fourth-order valence-electron chi connectivity index (χ4n) is 3.01. The zero-order chi connectivity index (χ0) is 19.9. The van der Waals surface area contributed by atoms with E-state index in [1.807, 2.05) is 32.0 Å². The zero-order valence-electron chi connectivity index (χ0n) is 14.5. The molecule has 27 heavy (non-hydrogen) atoms. The predicted molar refractivity (Wildman–Crippen MR) is 97.1 cm³/mol. The average molecular weight is 397 g/mol. The lowest BCUT2D eigenvalue weighted by molar-refractivity contribution is -0.187. The van der Waals surface area contributed by atoms with E-state index in [-0.39, 0.29) is 17.2 Å². The molecule has 0 aromatic heterocycles. The number of hydrogen-bond donors (Lipinski definition) is 1. The summed E-state index contributed by atoms with van der Waals surface area (Å²) in [5, 5.41) is 9.56. The smallest absolute Gasteiger partial charge is 0.430 e. The van der Waals surface area contributed by atoms with E-state index in [4.69, 9.17) is 16.3 Å². The second-order valence-corrected chi connectivity index (χ2v) is 6.97.